The summed E-state index contributed by atoms with van der Waals surface area (Å²) < 4.78 is 47.8. The number of hydrogen-bond donors (Lipinski definition) is 15. The van der Waals surface area contributed by atoms with Crippen LogP contribution < -0.4 is 49.3 Å². The number of carbonyl (C=O) groups is 13. The van der Waals surface area contributed by atoms with Crippen LogP contribution in [0, 0.1) is 65.1 Å². The van der Waals surface area contributed by atoms with Crippen LogP contribution in [0.2, 0.25) is 0 Å². The van der Waals surface area contributed by atoms with Crippen molar-refractivity contribution in [3.63, 3.8) is 0 Å². The number of carbonyl (C=O) groups excluding carboxylic acids is 8. The van der Waals surface area contributed by atoms with Crippen LogP contribution in [-0.4, -0.2) is 248 Å². The number of nitrogen functional groups attached to an aromatic ring is 1. The molecule has 2 unspecified atom stereocenters. The molecule has 40 nitrogen and oxygen atoms in total. The summed E-state index contributed by atoms with van der Waals surface area (Å²) in [7, 11) is 2.09. The highest BCUT2D eigenvalue weighted by atomic mass is 33.1. The summed E-state index contributed by atoms with van der Waals surface area (Å²) in [6.07, 6.45) is -0.983. The van der Waals surface area contributed by atoms with Crippen LogP contribution in [0.5, 0.6) is 0 Å². The van der Waals surface area contributed by atoms with Gasteiger partial charge in [-0.3, -0.25) is 67.5 Å². The average molecular weight is 1870 g/mol. The number of aliphatic hydroxyl groups is 1. The summed E-state index contributed by atoms with van der Waals surface area (Å²) in [5.41, 5.74) is 15.4. The van der Waals surface area contributed by atoms with E-state index in [0.29, 0.717) is 30.1 Å². The Morgan fingerprint density at radius 1 is 0.708 bits per heavy atom. The molecular weight excluding hydrogens is 1740 g/mol. The Kier molecular flexibility index (Phi) is 37.0. The lowest BCUT2D eigenvalue weighted by atomic mass is 9.73. The number of nitrogens with zero attached hydrogens (tertiary/aromatic N) is 4. The number of guanidine groups is 1. The lowest BCUT2D eigenvalue weighted by Crippen LogP contribution is -2.56. The zero-order valence-corrected chi connectivity index (χ0v) is 77.1. The van der Waals surface area contributed by atoms with E-state index in [4.69, 9.17) is 50.4 Å². The number of ether oxygens (including phenoxy) is 7. The molecule has 6 fully saturated rings. The number of nitrogens with one attached hydrogen (secondary N) is 6. The van der Waals surface area contributed by atoms with Gasteiger partial charge < -0.3 is 108 Å². The van der Waals surface area contributed by atoms with Crippen molar-refractivity contribution >= 4 is 127 Å². The Hall–Kier alpha value is -9.56. The fourth-order valence-corrected chi connectivity index (χ4v) is 21.4. The zero-order chi connectivity index (χ0) is 95.6. The molecule has 130 heavy (non-hydrogen) atoms. The standard InChI is InChI=1S/C88H129N13O27S2/c1-12-51-31-60(36-59-21-15-43(2)72(123-59)48(7)50(9)102)125-88(49(51)8)47(6)38-86(11,128-88)67-23-24-85(10,126-67)74-45(4)29-66(124-74)73-44(3)28-46(5)87(121,127-73)42-122-84(120)93-26-27-129-130-41-55(80(116)117)33-65(105)63(37-70(110)111)99-78(114)54(35-69(108)109)32-64(104)61(14-13-25-92-82(89)90)97-77(113)53(34-68(106)107)30-58(103)20-22-62(81(118)119)98-76(112)52-16-18-56(19-17-52)94-39-57-40-95-75-71(96-57)79(115)101-83(91)100-75/h16-19,40,43-49,51,53-55,59-63,66-67,72-74,94,121H,12-15,20-39,41-42H2,1-11H3,(H,93,120)(H,97,113)(H,98,112)(H,99,114)(H,106,107)(H,108,109)(H,110,111)(H,116,117)(H,118,119)(H4,89,90,92)(H3,91,95,100,101,115)/t43-,44-,45-,46+,47+,48-,49+,51+,53-,54-,55-,59+,60-,61-,62-,63-,66+,67?,72?,73+,74+,85-,86+,87-,88+/m0/s1. The smallest absolute Gasteiger partial charge is 0.407 e. The number of amides is 4. The molecule has 1 aromatic carbocycles. The molecule has 1 spiro atoms. The number of rotatable bonds is 48. The minimum Gasteiger partial charge on any atom is -0.481 e. The minimum atomic E-state index is -1.97. The number of aliphatic carboxylic acids is 5. The lowest BCUT2D eigenvalue weighted by molar-refractivity contribution is -0.347. The Bertz CT molecular complexity index is 4640. The second kappa shape index (κ2) is 46.2. The van der Waals surface area contributed by atoms with Gasteiger partial charge in [0, 0.05) is 85.2 Å². The van der Waals surface area contributed by atoms with Gasteiger partial charge in [-0.05, 0) is 146 Å². The third-order valence-electron chi connectivity index (χ3n) is 26.6. The number of nitrogens with two attached hydrogens (primary N) is 3. The summed E-state index contributed by atoms with van der Waals surface area (Å²) in [6, 6.07) is 0.386. The number of alkyl carbamates (subject to hydrolysis) is 1. The Morgan fingerprint density at radius 2 is 1.37 bits per heavy atom. The van der Waals surface area contributed by atoms with Crippen LogP contribution >= 0.6 is 21.6 Å². The molecule has 6 saturated heterocycles. The predicted octanol–water partition coefficient (Wildman–Crippen LogP) is 6.48. The first kappa shape index (κ1) is 104. The predicted molar refractivity (Wildman–Crippen MR) is 474 cm³/mol. The fraction of sp³-hybridized carbons (Fsp3) is 0.705. The second-order valence-corrected chi connectivity index (χ2v) is 39.3. The molecule has 6 aliphatic rings. The van der Waals surface area contributed by atoms with Crippen molar-refractivity contribution in [3.05, 3.63) is 52.1 Å². The molecule has 8 heterocycles. The van der Waals surface area contributed by atoms with Crippen molar-refractivity contribution in [2.24, 2.45) is 81.6 Å². The van der Waals surface area contributed by atoms with Crippen LogP contribution in [0.3, 0.4) is 0 Å². The third kappa shape index (κ3) is 27.8. The van der Waals surface area contributed by atoms with Crippen LogP contribution in [0.15, 0.2) is 40.2 Å². The first-order valence-electron chi connectivity index (χ1n) is 44.7. The van der Waals surface area contributed by atoms with Gasteiger partial charge in [0.1, 0.15) is 24.2 Å². The average Bonchev–Trinajstić information content (AvgIpc) is 1.56. The van der Waals surface area contributed by atoms with E-state index in [9.17, 15) is 97.8 Å². The minimum absolute atomic E-state index is 0.00367. The van der Waals surface area contributed by atoms with E-state index in [1.165, 1.54) is 30.5 Å². The van der Waals surface area contributed by atoms with E-state index in [2.05, 4.69) is 100.0 Å². The number of fused-ring (bicyclic) bond motifs is 1. The molecule has 720 valence electrons. The molecule has 2 aromatic heterocycles. The van der Waals surface area contributed by atoms with Crippen molar-refractivity contribution in [1.82, 2.24) is 41.2 Å². The molecule has 0 aliphatic carbocycles. The van der Waals surface area contributed by atoms with Gasteiger partial charge in [-0.2, -0.15) is 4.98 Å². The number of aromatic nitrogens is 4. The van der Waals surface area contributed by atoms with Crippen molar-refractivity contribution in [3.8, 4) is 0 Å². The number of Topliss-reactive ketones (excluding diaryl/α,β-unsaturated/α-hetero) is 4. The Morgan fingerprint density at radius 3 is 2.02 bits per heavy atom. The molecule has 0 radical (unpaired) electrons. The zero-order valence-electron chi connectivity index (χ0n) is 75.5. The molecule has 4 amide bonds. The molecule has 42 heteroatoms. The second-order valence-electron chi connectivity index (χ2n) is 36.7. The summed E-state index contributed by atoms with van der Waals surface area (Å²) in [5, 5.41) is 74.6. The van der Waals surface area contributed by atoms with Crippen LogP contribution in [0.25, 0.3) is 11.2 Å². The highest BCUT2D eigenvalue weighted by molar-refractivity contribution is 8.76. The highest BCUT2D eigenvalue weighted by Gasteiger charge is 2.65. The summed E-state index contributed by atoms with van der Waals surface area (Å²) in [6.45, 7) is 22.2. The van der Waals surface area contributed by atoms with Gasteiger partial charge in [0.05, 0.1) is 121 Å². The number of anilines is 2. The molecular formula is C88H129N13O27S2. The number of hydrogen-bond acceptors (Lipinski definition) is 30. The summed E-state index contributed by atoms with van der Waals surface area (Å²) >= 11 is 0. The fourth-order valence-electron chi connectivity index (χ4n) is 19.2. The summed E-state index contributed by atoms with van der Waals surface area (Å²) in [4.78, 5) is 201. The van der Waals surface area contributed by atoms with E-state index in [1.54, 1.807) is 6.92 Å². The molecule has 0 bridgehead atoms. The maximum absolute atomic E-state index is 14.3. The largest absolute Gasteiger partial charge is 0.481 e. The number of carboxylic acids is 5. The maximum Gasteiger partial charge on any atom is 0.407 e. The van der Waals surface area contributed by atoms with Crippen LogP contribution in [0.4, 0.5) is 16.4 Å². The van der Waals surface area contributed by atoms with Crippen molar-refractivity contribution < 1.29 is 126 Å². The van der Waals surface area contributed by atoms with Gasteiger partial charge in [0.25, 0.3) is 11.5 Å². The van der Waals surface area contributed by atoms with Crippen molar-refractivity contribution in [1.29, 1.82) is 0 Å². The molecule has 25 atom stereocenters. The van der Waals surface area contributed by atoms with Crippen LogP contribution in [0.1, 0.15) is 221 Å². The molecule has 18 N–H and O–H groups in total. The van der Waals surface area contributed by atoms with Gasteiger partial charge >= 0.3 is 35.9 Å². The highest BCUT2D eigenvalue weighted by Crippen LogP contribution is 2.58. The Balaban J connectivity index is 0.719. The van der Waals surface area contributed by atoms with Gasteiger partial charge in [-0.1, -0.05) is 83.4 Å². The number of H-pyrrole nitrogens is 1. The number of aliphatic imine (C=N–C) groups is 1. The van der Waals surface area contributed by atoms with E-state index in [-0.39, 0.29) is 144 Å². The summed E-state index contributed by atoms with van der Waals surface area (Å²) in [5.74, 6) is -22.4. The van der Waals surface area contributed by atoms with E-state index < -0.39 is 211 Å². The van der Waals surface area contributed by atoms with E-state index in [1.807, 2.05) is 20.8 Å². The number of carboxylic acid groups (broad SMARTS) is 5. The number of aromatic amines is 1. The third-order valence-corrected chi connectivity index (χ3v) is 29.1. The molecule has 0 saturated carbocycles. The monoisotopic (exact) mass is 1860 g/mol. The molecule has 6 aliphatic heterocycles. The van der Waals surface area contributed by atoms with E-state index in [0.717, 1.165) is 73.0 Å². The number of benzene rings is 1. The van der Waals surface area contributed by atoms with E-state index >= 15 is 0 Å². The van der Waals surface area contributed by atoms with Gasteiger partial charge in [0.2, 0.25) is 23.5 Å². The quantitative estimate of drug-likeness (QED) is 0.0124. The first-order chi connectivity index (χ1) is 61.2. The SMILES string of the molecule is CC[C@@H]1C[C@@H](C[C@H]2CC[C@H](C)C([C@@H](C)C(C)=O)O2)O[C@]2(O[C@@](C)(C3CC[C@@](C)([C@@H]4O[C@@H]([C@@H]5O[C@@](O)(COC(=O)NCCSSC[C@H](CC(=O)[C@H](CC(=O)O)NC(=O)[C@H](CC(=O)O)CC(=O)[C@H](CCCN=C(N)N)NC(=O)[C@H](CC(=O)O)CC(=O)CC[C@H](NC(=O)c6ccc(NCc7cnc8nc(N)[nH]c(=O)c8n7)cc6)C(=O)O)C(=O)O)[C@H](C)C[C@@H]5C)C[C@@H]4C)O3)C[C@H]2C)[C@@H]1C. The van der Waals surface area contributed by atoms with Crippen molar-refractivity contribution in [2.75, 3.05) is 42.3 Å². The lowest BCUT2D eigenvalue weighted by Gasteiger charge is -2.51. The van der Waals surface area contributed by atoms with Gasteiger partial charge in [-0.15, -0.1) is 0 Å². The molecule has 9 rings (SSSR count). The van der Waals surface area contributed by atoms with Gasteiger partial charge in [0.15, 0.2) is 34.5 Å². The van der Waals surface area contributed by atoms with Crippen molar-refractivity contribution in [2.45, 2.75) is 295 Å². The Labute approximate surface area is 761 Å². The first-order valence-corrected chi connectivity index (χ1v) is 47.1. The molecule has 3 aromatic rings. The topological polar surface area (TPSA) is 630 Å². The maximum atomic E-state index is 14.3. The normalized spacial score (nSPS) is 29.4. The van der Waals surface area contributed by atoms with Gasteiger partial charge in [-0.25, -0.2) is 19.6 Å². The number of ketones is 4. The van der Waals surface area contributed by atoms with Crippen LogP contribution in [-0.2, 0) is 92.4 Å².